The third kappa shape index (κ3) is 3.42. The number of hydrogen-bond acceptors (Lipinski definition) is 2. The van der Waals surface area contributed by atoms with Crippen LogP contribution in [0.15, 0.2) is 48.5 Å². The molecule has 0 aliphatic carbocycles. The average molecular weight is 255 g/mol. The smallest absolute Gasteiger partial charge is 0.255 e. The molecule has 3 heteroatoms. The van der Waals surface area contributed by atoms with Gasteiger partial charge in [0, 0.05) is 17.9 Å². The topological polar surface area (TPSA) is 49.3 Å². The summed E-state index contributed by atoms with van der Waals surface area (Å²) < 4.78 is 0. The standard InChI is InChI=1S/C16H17NO2/c1-12-4-2-3-5-15(12)16(19)17-14-8-6-13(7-9-14)10-11-18/h2-9,18H,10-11H2,1H3,(H,17,19). The maximum Gasteiger partial charge on any atom is 0.255 e. The maximum absolute atomic E-state index is 12.1. The van der Waals surface area contributed by atoms with E-state index in [9.17, 15) is 4.79 Å². The zero-order valence-corrected chi connectivity index (χ0v) is 10.9. The number of nitrogens with one attached hydrogen (secondary N) is 1. The number of aryl methyl sites for hydroxylation is 1. The van der Waals surface area contributed by atoms with Crippen molar-refractivity contribution in [1.82, 2.24) is 0 Å². The van der Waals surface area contributed by atoms with E-state index in [-0.39, 0.29) is 12.5 Å². The van der Waals surface area contributed by atoms with E-state index < -0.39 is 0 Å². The predicted molar refractivity (Wildman–Crippen MR) is 76.4 cm³/mol. The van der Waals surface area contributed by atoms with Crippen molar-refractivity contribution in [2.75, 3.05) is 11.9 Å². The number of amides is 1. The minimum absolute atomic E-state index is 0.104. The van der Waals surface area contributed by atoms with Crippen LogP contribution in [0.5, 0.6) is 0 Å². The second-order valence-corrected chi connectivity index (χ2v) is 4.44. The molecule has 1 amide bonds. The highest BCUT2D eigenvalue weighted by atomic mass is 16.2. The van der Waals surface area contributed by atoms with E-state index in [0.29, 0.717) is 12.0 Å². The first-order chi connectivity index (χ1) is 9.20. The fraction of sp³-hybridized carbons (Fsp3) is 0.188. The molecule has 0 aliphatic rings. The van der Waals surface area contributed by atoms with Crippen molar-refractivity contribution in [3.63, 3.8) is 0 Å². The second-order valence-electron chi connectivity index (χ2n) is 4.44. The zero-order chi connectivity index (χ0) is 13.7. The normalized spacial score (nSPS) is 10.2. The molecule has 0 bridgehead atoms. The van der Waals surface area contributed by atoms with Crippen molar-refractivity contribution >= 4 is 11.6 Å². The molecule has 98 valence electrons. The summed E-state index contributed by atoms with van der Waals surface area (Å²) in [4.78, 5) is 12.1. The van der Waals surface area contributed by atoms with Gasteiger partial charge in [0.1, 0.15) is 0 Å². The molecule has 0 saturated heterocycles. The van der Waals surface area contributed by atoms with E-state index in [1.165, 1.54) is 0 Å². The van der Waals surface area contributed by atoms with Gasteiger partial charge in [-0.3, -0.25) is 4.79 Å². The van der Waals surface area contributed by atoms with Crippen LogP contribution in [0.1, 0.15) is 21.5 Å². The first kappa shape index (κ1) is 13.3. The largest absolute Gasteiger partial charge is 0.396 e. The Morgan fingerprint density at radius 2 is 1.79 bits per heavy atom. The molecule has 0 unspecified atom stereocenters. The number of carbonyl (C=O) groups is 1. The number of rotatable bonds is 4. The molecule has 0 atom stereocenters. The molecule has 2 aromatic rings. The van der Waals surface area contributed by atoms with Gasteiger partial charge in [-0.05, 0) is 42.7 Å². The fourth-order valence-corrected chi connectivity index (χ4v) is 1.91. The Morgan fingerprint density at radius 1 is 1.11 bits per heavy atom. The van der Waals surface area contributed by atoms with Crippen LogP contribution in [0.3, 0.4) is 0 Å². The molecule has 0 fully saturated rings. The average Bonchev–Trinajstić information content (AvgIpc) is 2.42. The lowest BCUT2D eigenvalue weighted by atomic mass is 10.1. The quantitative estimate of drug-likeness (QED) is 0.882. The Hall–Kier alpha value is -2.13. The van der Waals surface area contributed by atoms with Crippen LogP contribution in [-0.2, 0) is 6.42 Å². The van der Waals surface area contributed by atoms with E-state index in [4.69, 9.17) is 5.11 Å². The SMILES string of the molecule is Cc1ccccc1C(=O)Nc1ccc(CCO)cc1. The van der Waals surface area contributed by atoms with E-state index in [2.05, 4.69) is 5.32 Å². The van der Waals surface area contributed by atoms with Gasteiger partial charge in [0.25, 0.3) is 5.91 Å². The van der Waals surface area contributed by atoms with Gasteiger partial charge in [0.05, 0.1) is 0 Å². The van der Waals surface area contributed by atoms with Crippen molar-refractivity contribution < 1.29 is 9.90 Å². The Balaban J connectivity index is 2.09. The molecular weight excluding hydrogens is 238 g/mol. The summed E-state index contributed by atoms with van der Waals surface area (Å²) in [5.41, 5.74) is 3.45. The molecule has 0 spiro atoms. The molecule has 0 saturated carbocycles. The number of benzene rings is 2. The first-order valence-corrected chi connectivity index (χ1v) is 6.27. The van der Waals surface area contributed by atoms with Gasteiger partial charge in [-0.25, -0.2) is 0 Å². The third-order valence-electron chi connectivity index (χ3n) is 3.00. The lowest BCUT2D eigenvalue weighted by Crippen LogP contribution is -2.13. The summed E-state index contributed by atoms with van der Waals surface area (Å²) in [6.07, 6.45) is 0.631. The highest BCUT2D eigenvalue weighted by Gasteiger charge is 2.08. The summed E-state index contributed by atoms with van der Waals surface area (Å²) >= 11 is 0. The summed E-state index contributed by atoms with van der Waals surface area (Å²) in [7, 11) is 0. The second kappa shape index (κ2) is 6.16. The number of anilines is 1. The summed E-state index contributed by atoms with van der Waals surface area (Å²) in [5.74, 6) is -0.104. The van der Waals surface area contributed by atoms with Gasteiger partial charge >= 0.3 is 0 Å². The highest BCUT2D eigenvalue weighted by Crippen LogP contribution is 2.13. The minimum Gasteiger partial charge on any atom is -0.396 e. The molecule has 19 heavy (non-hydrogen) atoms. The van der Waals surface area contributed by atoms with Crippen molar-refractivity contribution in [1.29, 1.82) is 0 Å². The van der Waals surface area contributed by atoms with Crippen LogP contribution in [-0.4, -0.2) is 17.6 Å². The Kier molecular flexibility index (Phi) is 4.31. The van der Waals surface area contributed by atoms with Crippen molar-refractivity contribution in [3.05, 3.63) is 65.2 Å². The summed E-state index contributed by atoms with van der Waals surface area (Å²) in [6.45, 7) is 2.05. The van der Waals surface area contributed by atoms with Crippen LogP contribution < -0.4 is 5.32 Å². The van der Waals surface area contributed by atoms with Gasteiger partial charge in [0.2, 0.25) is 0 Å². The Morgan fingerprint density at radius 3 is 2.42 bits per heavy atom. The van der Waals surface area contributed by atoms with Gasteiger partial charge in [-0.2, -0.15) is 0 Å². The number of hydrogen-bond donors (Lipinski definition) is 2. The maximum atomic E-state index is 12.1. The molecular formula is C16H17NO2. The predicted octanol–water partition coefficient (Wildman–Crippen LogP) is 2.78. The van der Waals surface area contributed by atoms with E-state index >= 15 is 0 Å². The van der Waals surface area contributed by atoms with Crippen LogP contribution in [0.4, 0.5) is 5.69 Å². The zero-order valence-electron chi connectivity index (χ0n) is 10.9. The number of carbonyl (C=O) groups excluding carboxylic acids is 1. The van der Waals surface area contributed by atoms with Crippen molar-refractivity contribution in [2.24, 2.45) is 0 Å². The van der Waals surface area contributed by atoms with E-state index in [1.54, 1.807) is 0 Å². The fourth-order valence-electron chi connectivity index (χ4n) is 1.91. The monoisotopic (exact) mass is 255 g/mol. The van der Waals surface area contributed by atoms with Crippen molar-refractivity contribution in [2.45, 2.75) is 13.3 Å². The number of aliphatic hydroxyl groups excluding tert-OH is 1. The minimum atomic E-state index is -0.104. The molecule has 0 aliphatic heterocycles. The Labute approximate surface area is 112 Å². The molecule has 0 aromatic heterocycles. The molecule has 2 N–H and O–H groups in total. The first-order valence-electron chi connectivity index (χ1n) is 6.27. The van der Waals surface area contributed by atoms with Crippen LogP contribution in [0, 0.1) is 6.92 Å². The van der Waals surface area contributed by atoms with Crippen LogP contribution >= 0.6 is 0 Å². The molecule has 2 aromatic carbocycles. The molecule has 2 rings (SSSR count). The van der Waals surface area contributed by atoms with Gasteiger partial charge in [-0.15, -0.1) is 0 Å². The van der Waals surface area contributed by atoms with E-state index in [0.717, 1.165) is 16.8 Å². The van der Waals surface area contributed by atoms with Gasteiger partial charge in [-0.1, -0.05) is 30.3 Å². The molecule has 0 radical (unpaired) electrons. The Bertz CT molecular complexity index is 561. The van der Waals surface area contributed by atoms with E-state index in [1.807, 2.05) is 55.5 Å². The lowest BCUT2D eigenvalue weighted by Gasteiger charge is -2.08. The summed E-state index contributed by atoms with van der Waals surface area (Å²) in [5, 5.41) is 11.7. The van der Waals surface area contributed by atoms with Crippen LogP contribution in [0.2, 0.25) is 0 Å². The number of aliphatic hydroxyl groups is 1. The molecule has 0 heterocycles. The third-order valence-corrected chi connectivity index (χ3v) is 3.00. The summed E-state index contributed by atoms with van der Waals surface area (Å²) in [6, 6.07) is 15.0. The highest BCUT2D eigenvalue weighted by molar-refractivity contribution is 6.05. The van der Waals surface area contributed by atoms with Crippen molar-refractivity contribution in [3.8, 4) is 0 Å². The molecule has 3 nitrogen and oxygen atoms in total. The van der Waals surface area contributed by atoms with Gasteiger partial charge in [0.15, 0.2) is 0 Å². The van der Waals surface area contributed by atoms with Crippen LogP contribution in [0.25, 0.3) is 0 Å². The van der Waals surface area contributed by atoms with Gasteiger partial charge < -0.3 is 10.4 Å². The lowest BCUT2D eigenvalue weighted by molar-refractivity contribution is 0.102.